The van der Waals surface area contributed by atoms with E-state index < -0.39 is 22.6 Å². The highest BCUT2D eigenvalue weighted by Gasteiger charge is 2.63. The van der Waals surface area contributed by atoms with Crippen LogP contribution in [0.5, 0.6) is 0 Å². The molecule has 8 rings (SSSR count). The maximum Gasteiger partial charge on any atom is 0.397 e. The Morgan fingerprint density at radius 1 is 0.863 bits per heavy atom. The molecule has 0 radical (unpaired) electrons. The number of carbonyl (C=O) groups excluding carboxylic acids is 2. The van der Waals surface area contributed by atoms with Crippen LogP contribution in [-0.4, -0.2) is 48.6 Å². The second kappa shape index (κ2) is 12.8. The minimum absolute atomic E-state index is 0.00674. The summed E-state index contributed by atoms with van der Waals surface area (Å²) >= 11 is 0. The smallest absolute Gasteiger partial charge is 0.397 e. The van der Waals surface area contributed by atoms with Crippen molar-refractivity contribution in [2.45, 2.75) is 97.2 Å². The second-order valence-corrected chi connectivity index (χ2v) is 18.1. The zero-order valence-corrected chi connectivity index (χ0v) is 30.7. The van der Waals surface area contributed by atoms with E-state index in [4.69, 9.17) is 8.92 Å². The molecule has 10 atom stereocenters. The molecule has 9 heteroatoms. The highest BCUT2D eigenvalue weighted by atomic mass is 32.3. The number of esters is 1. The Morgan fingerprint density at radius 3 is 2.27 bits per heavy atom. The quantitative estimate of drug-likeness (QED) is 0.0765. The lowest BCUT2D eigenvalue weighted by Gasteiger charge is -2.62. The Balaban J connectivity index is 0.889. The van der Waals surface area contributed by atoms with Gasteiger partial charge < -0.3 is 9.84 Å². The average molecular weight is 715 g/mol. The molecule has 4 aliphatic rings. The van der Waals surface area contributed by atoms with Crippen LogP contribution in [0, 0.1) is 46.3 Å². The van der Waals surface area contributed by atoms with E-state index in [1.807, 2.05) is 24.3 Å². The van der Waals surface area contributed by atoms with Gasteiger partial charge in [0.2, 0.25) is 5.78 Å². The van der Waals surface area contributed by atoms with E-state index in [2.05, 4.69) is 51.1 Å². The van der Waals surface area contributed by atoms with E-state index in [9.17, 15) is 27.7 Å². The van der Waals surface area contributed by atoms with E-state index in [1.54, 1.807) is 0 Å². The first-order chi connectivity index (χ1) is 24.3. The van der Waals surface area contributed by atoms with Crippen LogP contribution >= 0.6 is 0 Å². The highest BCUT2D eigenvalue weighted by Crippen LogP contribution is 2.68. The maximum atomic E-state index is 13.4. The van der Waals surface area contributed by atoms with E-state index in [-0.39, 0.29) is 47.4 Å². The third kappa shape index (κ3) is 5.96. The van der Waals surface area contributed by atoms with E-state index in [0.717, 1.165) is 64.4 Å². The lowest BCUT2D eigenvalue weighted by atomic mass is 9.43. The Hall–Kier alpha value is -3.11. The van der Waals surface area contributed by atoms with Gasteiger partial charge >= 0.3 is 16.4 Å². The van der Waals surface area contributed by atoms with Crippen molar-refractivity contribution >= 4 is 54.5 Å². The molecule has 4 saturated carbocycles. The number of Topliss-reactive ketones (excluding diaryl/α,β-unsaturated/α-hetero) is 1. The molecule has 2 N–H and O–H groups in total. The Kier molecular flexibility index (Phi) is 8.76. The SMILES string of the molecule is C[C@H](CCC(=O)OCC(=O)c1ccc2ccc3cccc4ccc1c2c34)[C@H]1CC[C@H]2[C@@H]3[C@H](O)C[C@@H]4C[C@H](OS(=O)(=O)O)CC[C@]4(C)[C@H]3CC[C@]12C. The molecule has 4 aliphatic carbocycles. The number of rotatable bonds is 9. The maximum absolute atomic E-state index is 13.4. The zero-order chi connectivity index (χ0) is 35.9. The van der Waals surface area contributed by atoms with Gasteiger partial charge in [0, 0.05) is 12.0 Å². The molecule has 8 nitrogen and oxygen atoms in total. The molecule has 0 spiro atoms. The van der Waals surface area contributed by atoms with Crippen molar-refractivity contribution in [2.75, 3.05) is 6.61 Å². The van der Waals surface area contributed by atoms with Gasteiger partial charge in [-0.15, -0.1) is 0 Å². The van der Waals surface area contributed by atoms with E-state index in [1.165, 1.54) is 0 Å². The van der Waals surface area contributed by atoms with Gasteiger partial charge in [0.05, 0.1) is 12.2 Å². The van der Waals surface area contributed by atoms with Gasteiger partial charge in [-0.2, -0.15) is 8.42 Å². The Morgan fingerprint density at radius 2 is 1.53 bits per heavy atom. The molecule has 4 fully saturated rings. The van der Waals surface area contributed by atoms with E-state index in [0.29, 0.717) is 54.9 Å². The number of ether oxygens (including phenoxy) is 1. The molecule has 51 heavy (non-hydrogen) atoms. The summed E-state index contributed by atoms with van der Waals surface area (Å²) < 4.78 is 42.7. The predicted molar refractivity (Wildman–Crippen MR) is 197 cm³/mol. The molecule has 4 aromatic rings. The molecular formula is C42H50O8S. The number of fused-ring (bicyclic) bond motifs is 5. The van der Waals surface area contributed by atoms with Crippen LogP contribution in [0.1, 0.15) is 95.3 Å². The number of hydrogen-bond acceptors (Lipinski definition) is 7. The lowest BCUT2D eigenvalue weighted by Crippen LogP contribution is -2.58. The van der Waals surface area contributed by atoms with Gasteiger partial charge in [-0.05, 0) is 136 Å². The molecule has 0 amide bonds. The van der Waals surface area contributed by atoms with Crippen molar-refractivity contribution in [3.63, 3.8) is 0 Å². The van der Waals surface area contributed by atoms with Crippen molar-refractivity contribution in [1.82, 2.24) is 0 Å². The highest BCUT2D eigenvalue weighted by molar-refractivity contribution is 7.80. The fourth-order valence-electron chi connectivity index (χ4n) is 12.2. The number of hydrogen-bond donors (Lipinski definition) is 2. The van der Waals surface area contributed by atoms with Crippen molar-refractivity contribution in [3.05, 3.63) is 60.2 Å². The molecule has 4 aromatic carbocycles. The van der Waals surface area contributed by atoms with E-state index >= 15 is 0 Å². The third-order valence-electron chi connectivity index (χ3n) is 14.7. The number of aliphatic hydroxyl groups excluding tert-OH is 1. The average Bonchev–Trinajstić information content (AvgIpc) is 3.45. The summed E-state index contributed by atoms with van der Waals surface area (Å²) in [6.07, 6.45) is 6.82. The Labute approximate surface area is 300 Å². The standard InChI is InChI=1S/C42H50O8S/c1-24(7-16-37(45)49-23-36(44)30-12-10-27-9-8-25-5-4-6-26-11-13-31(30)39(27)38(25)26)32-14-15-33-40-34(18-20-42(32,33)3)41(2)19-17-29(50-51(46,47)48)21-28(41)22-35(40)43/h4-6,8-13,24,28-29,32-35,40,43H,7,14-23H2,1-3H3,(H,46,47,48)/t24-,28+,29-,32-,33+,34+,35-,40+,41+,42-/m1/s1. The molecule has 0 saturated heterocycles. The lowest BCUT2D eigenvalue weighted by molar-refractivity contribution is -0.172. The first kappa shape index (κ1) is 34.9. The van der Waals surface area contributed by atoms with Gasteiger partial charge in [-0.1, -0.05) is 75.4 Å². The molecule has 0 bridgehead atoms. The van der Waals surface area contributed by atoms with Gasteiger partial charge in [0.15, 0.2) is 6.61 Å². The summed E-state index contributed by atoms with van der Waals surface area (Å²) in [5.74, 6) is 1.33. The Bertz CT molecular complexity index is 2080. The minimum Gasteiger partial charge on any atom is -0.457 e. The second-order valence-electron chi connectivity index (χ2n) is 17.0. The zero-order valence-electron chi connectivity index (χ0n) is 29.8. The van der Waals surface area contributed by atoms with Crippen molar-refractivity contribution in [3.8, 4) is 0 Å². The van der Waals surface area contributed by atoms with Crippen LogP contribution in [0.3, 0.4) is 0 Å². The molecule has 0 heterocycles. The summed E-state index contributed by atoms with van der Waals surface area (Å²) in [7, 11) is -4.50. The molecule has 0 unspecified atom stereocenters. The minimum atomic E-state index is -4.50. The number of aliphatic hydroxyl groups is 1. The normalized spacial score (nSPS) is 34.3. The first-order valence-corrected chi connectivity index (χ1v) is 20.3. The monoisotopic (exact) mass is 714 g/mol. The molecule has 272 valence electrons. The summed E-state index contributed by atoms with van der Waals surface area (Å²) in [6.45, 7) is 6.72. The van der Waals surface area contributed by atoms with Crippen LogP contribution < -0.4 is 0 Å². The van der Waals surface area contributed by atoms with Crippen LogP contribution in [0.25, 0.3) is 32.3 Å². The summed E-state index contributed by atoms with van der Waals surface area (Å²) in [5.41, 5.74) is 0.657. The summed E-state index contributed by atoms with van der Waals surface area (Å²) in [4.78, 5) is 26.5. The fourth-order valence-corrected chi connectivity index (χ4v) is 12.8. The third-order valence-corrected chi connectivity index (χ3v) is 15.2. The summed E-state index contributed by atoms with van der Waals surface area (Å²) in [5, 5.41) is 18.1. The van der Waals surface area contributed by atoms with Crippen LogP contribution in [0.15, 0.2) is 54.6 Å². The van der Waals surface area contributed by atoms with Crippen molar-refractivity contribution in [1.29, 1.82) is 0 Å². The summed E-state index contributed by atoms with van der Waals surface area (Å²) in [6, 6.07) is 18.3. The molecule has 0 aliphatic heterocycles. The number of ketones is 1. The van der Waals surface area contributed by atoms with Gasteiger partial charge in [-0.3, -0.25) is 14.1 Å². The van der Waals surface area contributed by atoms with Crippen molar-refractivity contribution in [2.24, 2.45) is 46.3 Å². The van der Waals surface area contributed by atoms with Crippen molar-refractivity contribution < 1.29 is 36.6 Å². The predicted octanol–water partition coefficient (Wildman–Crippen LogP) is 8.54. The topological polar surface area (TPSA) is 127 Å². The van der Waals surface area contributed by atoms with Crippen LogP contribution in [0.4, 0.5) is 0 Å². The van der Waals surface area contributed by atoms with Gasteiger partial charge in [-0.25, -0.2) is 4.18 Å². The first-order valence-electron chi connectivity index (χ1n) is 19.0. The number of benzene rings is 4. The largest absolute Gasteiger partial charge is 0.457 e. The number of carbonyl (C=O) groups is 2. The molecule has 0 aromatic heterocycles. The van der Waals surface area contributed by atoms with Gasteiger partial charge in [0.1, 0.15) is 0 Å². The van der Waals surface area contributed by atoms with Crippen LogP contribution in [-0.2, 0) is 24.1 Å². The van der Waals surface area contributed by atoms with Crippen LogP contribution in [0.2, 0.25) is 0 Å². The fraction of sp³-hybridized carbons (Fsp3) is 0.571. The van der Waals surface area contributed by atoms with Gasteiger partial charge in [0.25, 0.3) is 0 Å². The molecular weight excluding hydrogens is 665 g/mol.